The summed E-state index contributed by atoms with van der Waals surface area (Å²) in [5.41, 5.74) is 2.47. The summed E-state index contributed by atoms with van der Waals surface area (Å²) < 4.78 is 0. The van der Waals surface area contributed by atoms with E-state index in [1.165, 1.54) is 11.1 Å². The van der Waals surface area contributed by atoms with Crippen molar-refractivity contribution in [2.24, 2.45) is 11.8 Å². The lowest BCUT2D eigenvalue weighted by Gasteiger charge is -2.15. The number of nitrogens with one attached hydrogen (secondary N) is 2. The Morgan fingerprint density at radius 2 is 1.33 bits per heavy atom. The standard InChI is InChI=1S/C23H26N2O2/c1-15(25-23(27)21-13-19(21)17-10-6-3-7-11-17)14-24-22(26)20-12-18(20)16-8-4-2-5-9-16/h2-11,15,18-21H,12-14H2,1H3,(H,24,26)(H,25,27). The van der Waals surface area contributed by atoms with Crippen molar-refractivity contribution in [1.82, 2.24) is 10.6 Å². The molecule has 4 nitrogen and oxygen atoms in total. The van der Waals surface area contributed by atoms with Gasteiger partial charge in [0, 0.05) is 24.4 Å². The zero-order chi connectivity index (χ0) is 18.8. The van der Waals surface area contributed by atoms with E-state index in [2.05, 4.69) is 34.9 Å². The highest BCUT2D eigenvalue weighted by atomic mass is 16.2. The second-order valence-electron chi connectivity index (χ2n) is 7.87. The van der Waals surface area contributed by atoms with Gasteiger partial charge in [0.25, 0.3) is 0 Å². The highest BCUT2D eigenvalue weighted by Crippen LogP contribution is 2.48. The monoisotopic (exact) mass is 362 g/mol. The Kier molecular flexibility index (Phi) is 4.97. The highest BCUT2D eigenvalue weighted by molar-refractivity contribution is 5.84. The molecule has 2 fully saturated rings. The van der Waals surface area contributed by atoms with Gasteiger partial charge < -0.3 is 10.6 Å². The first-order valence-electron chi connectivity index (χ1n) is 9.81. The third-order valence-corrected chi connectivity index (χ3v) is 5.68. The molecule has 0 spiro atoms. The first-order chi connectivity index (χ1) is 13.1. The van der Waals surface area contributed by atoms with E-state index in [1.807, 2.05) is 43.3 Å². The molecule has 2 amide bonds. The van der Waals surface area contributed by atoms with Gasteiger partial charge in [-0.2, -0.15) is 0 Å². The Morgan fingerprint density at radius 1 is 0.852 bits per heavy atom. The van der Waals surface area contributed by atoms with Crippen LogP contribution >= 0.6 is 0 Å². The summed E-state index contributed by atoms with van der Waals surface area (Å²) in [5.74, 6) is 1.01. The zero-order valence-electron chi connectivity index (χ0n) is 15.6. The maximum Gasteiger partial charge on any atom is 0.224 e. The molecular formula is C23H26N2O2. The third-order valence-electron chi connectivity index (χ3n) is 5.68. The Balaban J connectivity index is 1.19. The molecule has 0 radical (unpaired) electrons. The fourth-order valence-corrected chi connectivity index (χ4v) is 3.89. The zero-order valence-corrected chi connectivity index (χ0v) is 15.6. The SMILES string of the molecule is CC(CNC(=O)C1CC1c1ccccc1)NC(=O)C1CC1c1ccccc1. The van der Waals surface area contributed by atoms with Crippen LogP contribution in [0.4, 0.5) is 0 Å². The summed E-state index contributed by atoms with van der Waals surface area (Å²) in [6.07, 6.45) is 1.83. The van der Waals surface area contributed by atoms with Crippen molar-refractivity contribution in [3.05, 3.63) is 71.8 Å². The van der Waals surface area contributed by atoms with Crippen molar-refractivity contribution in [2.45, 2.75) is 37.6 Å². The van der Waals surface area contributed by atoms with Crippen LogP contribution in [0.2, 0.25) is 0 Å². The van der Waals surface area contributed by atoms with E-state index in [0.717, 1.165) is 12.8 Å². The maximum atomic E-state index is 12.4. The summed E-state index contributed by atoms with van der Waals surface area (Å²) in [5, 5.41) is 6.04. The van der Waals surface area contributed by atoms with Crippen LogP contribution in [0.1, 0.15) is 42.7 Å². The maximum absolute atomic E-state index is 12.4. The van der Waals surface area contributed by atoms with Crippen molar-refractivity contribution < 1.29 is 9.59 Å². The molecule has 2 aliphatic rings. The quantitative estimate of drug-likeness (QED) is 0.795. The Morgan fingerprint density at radius 3 is 1.85 bits per heavy atom. The molecule has 140 valence electrons. The Hall–Kier alpha value is -2.62. The average molecular weight is 362 g/mol. The van der Waals surface area contributed by atoms with E-state index in [1.54, 1.807) is 0 Å². The van der Waals surface area contributed by atoms with Gasteiger partial charge in [-0.1, -0.05) is 60.7 Å². The second kappa shape index (κ2) is 7.55. The van der Waals surface area contributed by atoms with Gasteiger partial charge in [0.05, 0.1) is 0 Å². The van der Waals surface area contributed by atoms with E-state index in [-0.39, 0.29) is 29.7 Å². The van der Waals surface area contributed by atoms with Crippen molar-refractivity contribution in [3.8, 4) is 0 Å². The number of rotatable bonds is 7. The molecule has 2 N–H and O–H groups in total. The van der Waals surface area contributed by atoms with Crippen LogP contribution in [0, 0.1) is 11.8 Å². The van der Waals surface area contributed by atoms with Crippen molar-refractivity contribution in [2.75, 3.05) is 6.54 Å². The van der Waals surface area contributed by atoms with Gasteiger partial charge in [-0.3, -0.25) is 9.59 Å². The molecule has 4 heteroatoms. The second-order valence-corrected chi connectivity index (χ2v) is 7.87. The number of hydrogen-bond acceptors (Lipinski definition) is 2. The van der Waals surface area contributed by atoms with Gasteiger partial charge in [-0.15, -0.1) is 0 Å². The lowest BCUT2D eigenvalue weighted by atomic mass is 10.1. The number of carbonyl (C=O) groups is 2. The minimum Gasteiger partial charge on any atom is -0.354 e. The number of amides is 2. The molecule has 2 aromatic carbocycles. The summed E-state index contributed by atoms with van der Waals surface area (Å²) in [7, 11) is 0. The minimum atomic E-state index is -0.0626. The average Bonchev–Trinajstić information content (AvgIpc) is 3.60. The summed E-state index contributed by atoms with van der Waals surface area (Å²) in [6.45, 7) is 2.42. The smallest absolute Gasteiger partial charge is 0.224 e. The van der Waals surface area contributed by atoms with Crippen LogP contribution in [0.5, 0.6) is 0 Å². The van der Waals surface area contributed by atoms with Crippen LogP contribution in [0.15, 0.2) is 60.7 Å². The lowest BCUT2D eigenvalue weighted by Crippen LogP contribution is -2.43. The summed E-state index contributed by atoms with van der Waals surface area (Å²) >= 11 is 0. The van der Waals surface area contributed by atoms with Gasteiger partial charge >= 0.3 is 0 Å². The largest absolute Gasteiger partial charge is 0.354 e. The predicted octanol–water partition coefficient (Wildman–Crippen LogP) is 3.21. The first-order valence-corrected chi connectivity index (χ1v) is 9.81. The van der Waals surface area contributed by atoms with Crippen LogP contribution in [0.3, 0.4) is 0 Å². The molecule has 4 rings (SSSR count). The van der Waals surface area contributed by atoms with E-state index >= 15 is 0 Å². The van der Waals surface area contributed by atoms with Crippen molar-refractivity contribution in [3.63, 3.8) is 0 Å². The molecule has 2 saturated carbocycles. The third kappa shape index (κ3) is 4.21. The molecule has 2 aromatic rings. The van der Waals surface area contributed by atoms with Gasteiger partial charge in [-0.25, -0.2) is 0 Å². The van der Waals surface area contributed by atoms with Crippen LogP contribution in [-0.4, -0.2) is 24.4 Å². The predicted molar refractivity (Wildman–Crippen MR) is 105 cm³/mol. The number of benzene rings is 2. The lowest BCUT2D eigenvalue weighted by molar-refractivity contribution is -0.124. The molecule has 5 atom stereocenters. The van der Waals surface area contributed by atoms with Crippen LogP contribution in [0.25, 0.3) is 0 Å². The number of hydrogen-bond donors (Lipinski definition) is 2. The fraction of sp³-hybridized carbons (Fsp3) is 0.391. The van der Waals surface area contributed by atoms with Gasteiger partial charge in [0.15, 0.2) is 0 Å². The molecule has 0 aromatic heterocycles. The highest BCUT2D eigenvalue weighted by Gasteiger charge is 2.45. The Labute approximate surface area is 160 Å². The molecule has 5 unspecified atom stereocenters. The van der Waals surface area contributed by atoms with Gasteiger partial charge in [-0.05, 0) is 42.7 Å². The van der Waals surface area contributed by atoms with E-state index in [4.69, 9.17) is 0 Å². The van der Waals surface area contributed by atoms with Gasteiger partial charge in [0.2, 0.25) is 11.8 Å². The number of carbonyl (C=O) groups excluding carboxylic acids is 2. The van der Waals surface area contributed by atoms with Gasteiger partial charge in [0.1, 0.15) is 0 Å². The molecule has 0 aliphatic heterocycles. The first kappa shape index (κ1) is 17.8. The summed E-state index contributed by atoms with van der Waals surface area (Å²) in [6, 6.07) is 20.3. The van der Waals surface area contributed by atoms with Crippen molar-refractivity contribution >= 4 is 11.8 Å². The fourth-order valence-electron chi connectivity index (χ4n) is 3.89. The van der Waals surface area contributed by atoms with Crippen LogP contribution < -0.4 is 10.6 Å². The summed E-state index contributed by atoms with van der Waals surface area (Å²) in [4.78, 5) is 24.7. The molecule has 27 heavy (non-hydrogen) atoms. The molecule has 0 saturated heterocycles. The topological polar surface area (TPSA) is 58.2 Å². The molecule has 2 aliphatic carbocycles. The van der Waals surface area contributed by atoms with Crippen molar-refractivity contribution in [1.29, 1.82) is 0 Å². The normalized spacial score (nSPS) is 26.7. The molecule has 0 bridgehead atoms. The van der Waals surface area contributed by atoms with Crippen LogP contribution in [-0.2, 0) is 9.59 Å². The molecule has 0 heterocycles. The van der Waals surface area contributed by atoms with E-state index < -0.39 is 0 Å². The Bertz CT molecular complexity index is 806. The molecular weight excluding hydrogens is 336 g/mol. The van der Waals surface area contributed by atoms with E-state index in [9.17, 15) is 9.59 Å². The minimum absolute atomic E-state index is 0.0626. The van der Waals surface area contributed by atoms with E-state index in [0.29, 0.717) is 18.4 Å².